The molecule has 0 atom stereocenters. The van der Waals surface area contributed by atoms with Gasteiger partial charge >= 0.3 is 6.61 Å². The average molecular weight is 356 g/mol. The highest BCUT2D eigenvalue weighted by Crippen LogP contribution is 2.22. The average Bonchev–Trinajstić information content (AvgIpc) is 2.45. The number of para-hydroxylation sites is 1. The number of benzene rings is 2. The second-order valence-electron chi connectivity index (χ2n) is 4.84. The molecule has 0 spiro atoms. The number of nitrogens with one attached hydrogen (secondary N) is 1. The van der Waals surface area contributed by atoms with Crippen LogP contribution in [0.3, 0.4) is 0 Å². The van der Waals surface area contributed by atoms with E-state index in [-0.39, 0.29) is 17.1 Å². The van der Waals surface area contributed by atoms with Crippen molar-refractivity contribution in [3.05, 3.63) is 59.7 Å². The number of carbonyl (C=O) groups is 1. The Labute approximate surface area is 137 Å². The molecule has 0 aromatic heterocycles. The molecule has 128 valence electrons. The fourth-order valence-corrected chi connectivity index (χ4v) is 2.67. The van der Waals surface area contributed by atoms with Crippen LogP contribution in [-0.4, -0.2) is 20.9 Å². The van der Waals surface area contributed by atoms with Gasteiger partial charge in [-0.25, -0.2) is 13.6 Å². The number of amides is 1. The van der Waals surface area contributed by atoms with Crippen LogP contribution >= 0.6 is 0 Å². The molecule has 0 aliphatic heterocycles. The maximum absolute atomic E-state index is 12.4. The summed E-state index contributed by atoms with van der Waals surface area (Å²) in [7, 11) is -3.71. The molecule has 3 N–H and O–H groups in total. The molecule has 0 aliphatic rings. The molecule has 0 saturated carbocycles. The number of alkyl halides is 2. The number of ether oxygens (including phenoxy) is 1. The second kappa shape index (κ2) is 7.37. The first-order chi connectivity index (χ1) is 11.2. The first-order valence-corrected chi connectivity index (χ1v) is 8.41. The summed E-state index contributed by atoms with van der Waals surface area (Å²) in [6.45, 7) is -3.06. The summed E-state index contributed by atoms with van der Waals surface area (Å²) in [6.07, 6.45) is 0. The van der Waals surface area contributed by atoms with Gasteiger partial charge in [0, 0.05) is 5.69 Å². The van der Waals surface area contributed by atoms with Crippen LogP contribution in [0.15, 0.2) is 48.5 Å². The van der Waals surface area contributed by atoms with E-state index in [2.05, 4.69) is 10.1 Å². The summed E-state index contributed by atoms with van der Waals surface area (Å²) in [5.74, 6) is -1.31. The van der Waals surface area contributed by atoms with Gasteiger partial charge in [-0.3, -0.25) is 4.79 Å². The quantitative estimate of drug-likeness (QED) is 0.830. The monoisotopic (exact) mass is 356 g/mol. The normalized spacial score (nSPS) is 11.3. The van der Waals surface area contributed by atoms with Crippen molar-refractivity contribution < 1.29 is 26.7 Å². The van der Waals surface area contributed by atoms with Gasteiger partial charge in [0.15, 0.2) is 0 Å². The number of rotatable bonds is 6. The molecule has 1 amide bonds. The van der Waals surface area contributed by atoms with E-state index in [0.29, 0.717) is 11.3 Å². The number of hydrogen-bond acceptors (Lipinski definition) is 4. The maximum atomic E-state index is 12.4. The van der Waals surface area contributed by atoms with Crippen molar-refractivity contribution in [3.63, 3.8) is 0 Å². The van der Waals surface area contributed by atoms with E-state index in [1.54, 1.807) is 0 Å². The molecule has 0 aliphatic carbocycles. The molecule has 24 heavy (non-hydrogen) atoms. The molecule has 0 bridgehead atoms. The number of carbonyl (C=O) groups excluding carboxylic acids is 1. The van der Waals surface area contributed by atoms with E-state index in [0.717, 1.165) is 0 Å². The van der Waals surface area contributed by atoms with Gasteiger partial charge in [-0.2, -0.15) is 8.78 Å². The standard InChI is InChI=1S/C15H14F2N2O4S/c16-15(17)23-13-7-2-1-6-12(13)14(20)19-11-5-3-4-10(8-11)9-24(18,21)22/h1-8,15H,9H2,(H,19,20)(H2,18,21,22). The van der Waals surface area contributed by atoms with Gasteiger partial charge in [0.25, 0.3) is 5.91 Å². The third-order valence-corrected chi connectivity index (χ3v) is 3.64. The van der Waals surface area contributed by atoms with Crippen LogP contribution in [0.1, 0.15) is 15.9 Å². The van der Waals surface area contributed by atoms with Crippen molar-refractivity contribution >= 4 is 21.6 Å². The number of sulfonamides is 1. The van der Waals surface area contributed by atoms with Gasteiger partial charge in [0.1, 0.15) is 5.75 Å². The molecule has 0 radical (unpaired) electrons. The van der Waals surface area contributed by atoms with E-state index in [9.17, 15) is 22.0 Å². The van der Waals surface area contributed by atoms with Crippen molar-refractivity contribution in [1.29, 1.82) is 0 Å². The summed E-state index contributed by atoms with van der Waals surface area (Å²) in [5.41, 5.74) is 0.607. The lowest BCUT2D eigenvalue weighted by atomic mass is 10.1. The highest BCUT2D eigenvalue weighted by atomic mass is 32.2. The van der Waals surface area contributed by atoms with E-state index >= 15 is 0 Å². The third-order valence-electron chi connectivity index (χ3n) is 2.90. The number of primary sulfonamides is 1. The van der Waals surface area contributed by atoms with Crippen molar-refractivity contribution in [2.45, 2.75) is 12.4 Å². The summed E-state index contributed by atoms with van der Waals surface area (Å²) in [6, 6.07) is 11.6. The van der Waals surface area contributed by atoms with Crippen LogP contribution in [0.4, 0.5) is 14.5 Å². The van der Waals surface area contributed by atoms with Crippen LogP contribution < -0.4 is 15.2 Å². The largest absolute Gasteiger partial charge is 0.434 e. The Morgan fingerprint density at radius 2 is 1.88 bits per heavy atom. The Morgan fingerprint density at radius 3 is 2.54 bits per heavy atom. The van der Waals surface area contributed by atoms with Crippen molar-refractivity contribution in [1.82, 2.24) is 0 Å². The predicted octanol–water partition coefficient (Wildman–Crippen LogP) is 2.33. The second-order valence-corrected chi connectivity index (χ2v) is 6.45. The molecular weight excluding hydrogens is 342 g/mol. The minimum absolute atomic E-state index is 0.0744. The zero-order valence-corrected chi connectivity index (χ0v) is 13.1. The molecule has 0 heterocycles. The first-order valence-electron chi connectivity index (χ1n) is 6.69. The summed E-state index contributed by atoms with van der Waals surface area (Å²) in [5, 5.41) is 7.47. The third kappa shape index (κ3) is 5.28. The molecule has 9 heteroatoms. The van der Waals surface area contributed by atoms with Crippen LogP contribution in [0.5, 0.6) is 5.75 Å². The lowest BCUT2D eigenvalue weighted by molar-refractivity contribution is -0.0501. The molecule has 2 aromatic carbocycles. The Hall–Kier alpha value is -2.52. The number of nitrogens with two attached hydrogens (primary N) is 1. The van der Waals surface area contributed by atoms with E-state index in [1.807, 2.05) is 0 Å². The smallest absolute Gasteiger partial charge is 0.387 e. The van der Waals surface area contributed by atoms with Gasteiger partial charge in [-0.15, -0.1) is 0 Å². The molecule has 0 fully saturated rings. The van der Waals surface area contributed by atoms with E-state index in [4.69, 9.17) is 5.14 Å². The number of halogens is 2. The predicted molar refractivity (Wildman–Crippen MR) is 84.3 cm³/mol. The maximum Gasteiger partial charge on any atom is 0.387 e. The van der Waals surface area contributed by atoms with E-state index < -0.39 is 22.5 Å². The van der Waals surface area contributed by atoms with Crippen LogP contribution in [-0.2, 0) is 15.8 Å². The molecule has 0 saturated heterocycles. The first kappa shape index (κ1) is 17.8. The lowest BCUT2D eigenvalue weighted by Crippen LogP contribution is -2.16. The van der Waals surface area contributed by atoms with Crippen molar-refractivity contribution in [2.75, 3.05) is 5.32 Å². The van der Waals surface area contributed by atoms with Gasteiger partial charge < -0.3 is 10.1 Å². The van der Waals surface area contributed by atoms with Crippen LogP contribution in [0.25, 0.3) is 0 Å². The van der Waals surface area contributed by atoms with Gasteiger partial charge in [-0.05, 0) is 29.8 Å². The zero-order chi connectivity index (χ0) is 17.7. The highest BCUT2D eigenvalue weighted by Gasteiger charge is 2.15. The van der Waals surface area contributed by atoms with Gasteiger partial charge in [0.2, 0.25) is 10.0 Å². The molecule has 2 aromatic rings. The topological polar surface area (TPSA) is 98.5 Å². The van der Waals surface area contributed by atoms with Crippen LogP contribution in [0, 0.1) is 0 Å². The zero-order valence-electron chi connectivity index (χ0n) is 12.3. The summed E-state index contributed by atoms with van der Waals surface area (Å²) >= 11 is 0. The molecule has 6 nitrogen and oxygen atoms in total. The van der Waals surface area contributed by atoms with E-state index in [1.165, 1.54) is 48.5 Å². The highest BCUT2D eigenvalue weighted by molar-refractivity contribution is 7.88. The number of hydrogen-bond donors (Lipinski definition) is 2. The SMILES string of the molecule is NS(=O)(=O)Cc1cccc(NC(=O)c2ccccc2OC(F)F)c1. The fraction of sp³-hybridized carbons (Fsp3) is 0.133. The Morgan fingerprint density at radius 1 is 1.17 bits per heavy atom. The molecular formula is C15H14F2N2O4S. The minimum Gasteiger partial charge on any atom is -0.434 e. The molecule has 0 unspecified atom stereocenters. The Balaban J connectivity index is 2.20. The van der Waals surface area contributed by atoms with Crippen molar-refractivity contribution in [2.24, 2.45) is 5.14 Å². The van der Waals surface area contributed by atoms with Crippen LogP contribution in [0.2, 0.25) is 0 Å². The summed E-state index contributed by atoms with van der Waals surface area (Å²) in [4.78, 5) is 12.2. The lowest BCUT2D eigenvalue weighted by Gasteiger charge is -2.11. The van der Waals surface area contributed by atoms with Crippen molar-refractivity contribution in [3.8, 4) is 5.75 Å². The fourth-order valence-electron chi connectivity index (χ4n) is 2.02. The van der Waals surface area contributed by atoms with Gasteiger partial charge in [0.05, 0.1) is 11.3 Å². The van der Waals surface area contributed by atoms with Gasteiger partial charge in [-0.1, -0.05) is 24.3 Å². The Kier molecular flexibility index (Phi) is 5.47. The summed E-state index contributed by atoms with van der Waals surface area (Å²) < 4.78 is 51.3. The molecule has 2 rings (SSSR count). The minimum atomic E-state index is -3.71. The Bertz CT molecular complexity index is 841. The number of anilines is 1.